The number of halogens is 1. The molecule has 1 aliphatic rings. The van der Waals surface area contributed by atoms with Crippen LogP contribution in [0, 0.1) is 0 Å². The smallest absolute Gasteiger partial charge is 0.225 e. The van der Waals surface area contributed by atoms with Crippen molar-refractivity contribution in [3.63, 3.8) is 0 Å². The molecule has 1 unspecified atom stereocenters. The fourth-order valence-electron chi connectivity index (χ4n) is 0.555. The first-order valence-corrected chi connectivity index (χ1v) is 5.16. The van der Waals surface area contributed by atoms with Crippen LogP contribution >= 0.6 is 24.2 Å². The number of sulfonamides is 1. The first-order chi connectivity index (χ1) is 4.61. The third-order valence-corrected chi connectivity index (χ3v) is 3.68. The van der Waals surface area contributed by atoms with Crippen LogP contribution in [0.2, 0.25) is 0 Å². The van der Waals surface area contributed by atoms with Gasteiger partial charge in [0.15, 0.2) is 0 Å². The molecule has 1 heterocycles. The summed E-state index contributed by atoms with van der Waals surface area (Å²) < 4.78 is 20.7. The van der Waals surface area contributed by atoms with Crippen molar-refractivity contribution in [3.05, 3.63) is 23.6 Å². The van der Waals surface area contributed by atoms with E-state index in [1.54, 1.807) is 23.6 Å². The molecule has 11 heavy (non-hydrogen) atoms. The van der Waals surface area contributed by atoms with Crippen molar-refractivity contribution in [1.82, 2.24) is 0 Å². The number of primary sulfonamides is 1. The lowest BCUT2D eigenvalue weighted by Crippen LogP contribution is -2.23. The Morgan fingerprint density at radius 1 is 1.36 bits per heavy atom. The molecule has 0 fully saturated rings. The van der Waals surface area contributed by atoms with Gasteiger partial charge in [-0.25, -0.2) is 13.6 Å². The lowest BCUT2D eigenvalue weighted by molar-refractivity contribution is 0.599. The number of hydrogen-bond acceptors (Lipinski definition) is 3. The van der Waals surface area contributed by atoms with Gasteiger partial charge in [-0.3, -0.25) is 0 Å². The minimum Gasteiger partial charge on any atom is -0.227 e. The number of hydrogen-bond donors (Lipinski definition) is 1. The lowest BCUT2D eigenvalue weighted by Gasteiger charge is -2.08. The van der Waals surface area contributed by atoms with Crippen LogP contribution in [-0.2, 0) is 10.0 Å². The van der Waals surface area contributed by atoms with E-state index in [2.05, 4.69) is 0 Å². The van der Waals surface area contributed by atoms with Gasteiger partial charge in [-0.1, -0.05) is 18.2 Å². The molecule has 0 saturated heterocycles. The second-order valence-corrected chi connectivity index (χ2v) is 4.84. The Kier molecular flexibility index (Phi) is 4.17. The van der Waals surface area contributed by atoms with Gasteiger partial charge in [-0.05, 0) is 5.41 Å². The van der Waals surface area contributed by atoms with Crippen molar-refractivity contribution in [3.8, 4) is 0 Å². The van der Waals surface area contributed by atoms with Crippen molar-refractivity contribution in [2.24, 2.45) is 5.14 Å². The highest BCUT2D eigenvalue weighted by Gasteiger charge is 2.17. The molecule has 64 valence electrons. The van der Waals surface area contributed by atoms with Crippen molar-refractivity contribution < 1.29 is 8.42 Å². The molecule has 0 aliphatic carbocycles. The molecule has 0 radical (unpaired) electrons. The molecule has 0 aromatic heterocycles. The molecule has 0 aromatic carbocycles. The molecule has 2 N–H and O–H groups in total. The summed E-state index contributed by atoms with van der Waals surface area (Å²) in [5, 5.41) is 6.58. The molecular weight excluding hydrogens is 206 g/mol. The van der Waals surface area contributed by atoms with E-state index >= 15 is 0 Å². The van der Waals surface area contributed by atoms with E-state index in [4.69, 9.17) is 5.14 Å². The zero-order valence-corrected chi connectivity index (χ0v) is 7.95. The second kappa shape index (κ2) is 4.15. The van der Waals surface area contributed by atoms with Gasteiger partial charge in [0.25, 0.3) is 0 Å². The van der Waals surface area contributed by atoms with E-state index in [9.17, 15) is 8.42 Å². The van der Waals surface area contributed by atoms with Crippen molar-refractivity contribution in [2.75, 3.05) is 0 Å². The highest BCUT2D eigenvalue weighted by molar-refractivity contribution is 8.14. The van der Waals surface area contributed by atoms with E-state index in [0.29, 0.717) is 0 Å². The summed E-state index contributed by atoms with van der Waals surface area (Å²) in [6.45, 7) is 0. The number of rotatable bonds is 1. The maximum absolute atomic E-state index is 10.7. The maximum Gasteiger partial charge on any atom is 0.225 e. The van der Waals surface area contributed by atoms with Gasteiger partial charge in [-0.15, -0.1) is 24.2 Å². The SMILES string of the molecule is Cl.NS(=O)(=O)C1C=CC=CS1. The Bertz CT molecular complexity index is 270. The fraction of sp³-hybridized carbons (Fsp3) is 0.200. The minimum absolute atomic E-state index is 0. The quantitative estimate of drug-likeness (QED) is 0.702. The van der Waals surface area contributed by atoms with E-state index < -0.39 is 14.6 Å². The number of allylic oxidation sites excluding steroid dienone is 2. The Labute approximate surface area is 76.2 Å². The van der Waals surface area contributed by atoms with E-state index in [1.807, 2.05) is 0 Å². The topological polar surface area (TPSA) is 60.2 Å². The number of thioether (sulfide) groups is 1. The standard InChI is InChI=1S/C5H7NO2S2.ClH/c6-10(7,8)5-3-1-2-4-9-5;/h1-5H,(H2,6,7,8);1H. The first-order valence-electron chi connectivity index (χ1n) is 2.61. The van der Waals surface area contributed by atoms with E-state index in [1.165, 1.54) is 11.8 Å². The van der Waals surface area contributed by atoms with E-state index in [0.717, 1.165) is 0 Å². The highest BCUT2D eigenvalue weighted by atomic mass is 35.5. The molecule has 0 saturated carbocycles. The number of nitrogens with two attached hydrogens (primary N) is 1. The molecular formula is C5H8ClNO2S2. The Hall–Kier alpha value is 0.0300. The third kappa shape index (κ3) is 3.29. The molecule has 3 nitrogen and oxygen atoms in total. The summed E-state index contributed by atoms with van der Waals surface area (Å²) in [6.07, 6.45) is 5.00. The van der Waals surface area contributed by atoms with Crippen molar-refractivity contribution in [1.29, 1.82) is 0 Å². The van der Waals surface area contributed by atoms with Crippen LogP contribution in [-0.4, -0.2) is 13.0 Å². The Balaban J connectivity index is 0.000001000. The lowest BCUT2D eigenvalue weighted by atomic mass is 10.5. The van der Waals surface area contributed by atoms with Crippen LogP contribution < -0.4 is 5.14 Å². The minimum atomic E-state index is -3.40. The monoisotopic (exact) mass is 213 g/mol. The van der Waals surface area contributed by atoms with Gasteiger partial charge in [-0.2, -0.15) is 0 Å². The Morgan fingerprint density at radius 3 is 2.27 bits per heavy atom. The van der Waals surface area contributed by atoms with Crippen LogP contribution in [0.5, 0.6) is 0 Å². The molecule has 0 bridgehead atoms. The predicted molar refractivity (Wildman–Crippen MR) is 50.0 cm³/mol. The van der Waals surface area contributed by atoms with Crippen LogP contribution in [0.1, 0.15) is 0 Å². The second-order valence-electron chi connectivity index (χ2n) is 1.81. The summed E-state index contributed by atoms with van der Waals surface area (Å²) in [5.41, 5.74) is 0. The van der Waals surface area contributed by atoms with E-state index in [-0.39, 0.29) is 12.4 Å². The maximum atomic E-state index is 10.7. The molecule has 6 heteroatoms. The van der Waals surface area contributed by atoms with Gasteiger partial charge in [0.2, 0.25) is 10.0 Å². The highest BCUT2D eigenvalue weighted by Crippen LogP contribution is 2.20. The summed E-state index contributed by atoms with van der Waals surface area (Å²) >= 11 is 1.19. The first kappa shape index (κ1) is 11.0. The predicted octanol–water partition coefficient (Wildman–Crippen LogP) is 0.840. The van der Waals surface area contributed by atoms with Crippen molar-refractivity contribution >= 4 is 34.2 Å². The largest absolute Gasteiger partial charge is 0.227 e. The van der Waals surface area contributed by atoms with Crippen LogP contribution in [0.4, 0.5) is 0 Å². The van der Waals surface area contributed by atoms with Crippen LogP contribution in [0.3, 0.4) is 0 Å². The average Bonchev–Trinajstić information content (AvgIpc) is 1.88. The van der Waals surface area contributed by atoms with Gasteiger partial charge >= 0.3 is 0 Å². The summed E-state index contributed by atoms with van der Waals surface area (Å²) in [7, 11) is -3.40. The average molecular weight is 214 g/mol. The zero-order valence-electron chi connectivity index (χ0n) is 5.51. The van der Waals surface area contributed by atoms with Gasteiger partial charge < -0.3 is 0 Å². The van der Waals surface area contributed by atoms with Gasteiger partial charge in [0.05, 0.1) is 0 Å². The normalized spacial score (nSPS) is 22.8. The Morgan fingerprint density at radius 2 is 2.00 bits per heavy atom. The zero-order chi connectivity index (χ0) is 7.61. The molecule has 1 atom stereocenters. The van der Waals surface area contributed by atoms with Gasteiger partial charge in [0.1, 0.15) is 4.58 Å². The summed E-state index contributed by atoms with van der Waals surface area (Å²) in [6, 6.07) is 0. The molecule has 1 aliphatic heterocycles. The van der Waals surface area contributed by atoms with Crippen LogP contribution in [0.25, 0.3) is 0 Å². The summed E-state index contributed by atoms with van der Waals surface area (Å²) in [5.74, 6) is 0. The van der Waals surface area contributed by atoms with Crippen LogP contribution in [0.15, 0.2) is 23.6 Å². The summed E-state index contributed by atoms with van der Waals surface area (Å²) in [4.78, 5) is 0. The fourth-order valence-corrected chi connectivity index (χ4v) is 2.19. The molecule has 0 spiro atoms. The molecule has 1 rings (SSSR count). The molecule has 0 amide bonds. The van der Waals surface area contributed by atoms with Crippen molar-refractivity contribution in [2.45, 2.75) is 4.58 Å². The molecule has 0 aromatic rings. The van der Waals surface area contributed by atoms with Gasteiger partial charge in [0, 0.05) is 0 Å². The third-order valence-electron chi connectivity index (χ3n) is 0.994.